The summed E-state index contributed by atoms with van der Waals surface area (Å²) < 4.78 is 5.34. The van der Waals surface area contributed by atoms with Crippen molar-refractivity contribution >= 4 is 5.97 Å². The number of hydrogen-bond acceptors (Lipinski definition) is 3. The van der Waals surface area contributed by atoms with Gasteiger partial charge in [-0.05, 0) is 5.56 Å². The second-order valence-electron chi connectivity index (χ2n) is 3.36. The van der Waals surface area contributed by atoms with Crippen molar-refractivity contribution in [3.63, 3.8) is 0 Å². The SMILES string of the molecule is N[C@@H](/C=C\C(=O)O)COCc1ccccc1. The molecule has 0 spiro atoms. The quantitative estimate of drug-likeness (QED) is 0.707. The molecule has 1 rings (SSSR count). The summed E-state index contributed by atoms with van der Waals surface area (Å²) in [6.07, 6.45) is 2.43. The molecule has 0 bridgehead atoms. The molecule has 0 aliphatic carbocycles. The number of carboxylic acid groups (broad SMARTS) is 1. The molecule has 86 valence electrons. The molecule has 3 N–H and O–H groups in total. The molecule has 0 aliphatic rings. The van der Waals surface area contributed by atoms with Crippen molar-refractivity contribution < 1.29 is 14.6 Å². The van der Waals surface area contributed by atoms with E-state index < -0.39 is 5.97 Å². The smallest absolute Gasteiger partial charge is 0.328 e. The monoisotopic (exact) mass is 221 g/mol. The molecule has 4 nitrogen and oxygen atoms in total. The Morgan fingerprint density at radius 3 is 2.75 bits per heavy atom. The molecular formula is C12H15NO3. The minimum atomic E-state index is -1.00. The van der Waals surface area contributed by atoms with Gasteiger partial charge in [0.25, 0.3) is 0 Å². The molecule has 0 aromatic heterocycles. The van der Waals surface area contributed by atoms with Gasteiger partial charge in [0.05, 0.1) is 13.2 Å². The maximum atomic E-state index is 10.2. The van der Waals surface area contributed by atoms with Crippen LogP contribution in [0.5, 0.6) is 0 Å². The first-order valence-electron chi connectivity index (χ1n) is 4.97. The summed E-state index contributed by atoms with van der Waals surface area (Å²) in [6.45, 7) is 0.786. The Morgan fingerprint density at radius 2 is 2.12 bits per heavy atom. The Kier molecular flexibility index (Phi) is 5.25. The fourth-order valence-corrected chi connectivity index (χ4v) is 1.15. The van der Waals surface area contributed by atoms with Crippen molar-refractivity contribution in [1.82, 2.24) is 0 Å². The van der Waals surface area contributed by atoms with Crippen LogP contribution in [0.15, 0.2) is 42.5 Å². The number of nitrogens with two attached hydrogens (primary N) is 1. The van der Waals surface area contributed by atoms with E-state index in [0.717, 1.165) is 11.6 Å². The van der Waals surface area contributed by atoms with Gasteiger partial charge in [-0.3, -0.25) is 0 Å². The molecule has 4 heteroatoms. The average Bonchev–Trinajstić information content (AvgIpc) is 2.28. The number of aliphatic carboxylic acids is 1. The molecule has 1 atom stereocenters. The van der Waals surface area contributed by atoms with Crippen molar-refractivity contribution in [1.29, 1.82) is 0 Å². The number of benzene rings is 1. The zero-order chi connectivity index (χ0) is 11.8. The van der Waals surface area contributed by atoms with Gasteiger partial charge in [-0.1, -0.05) is 36.4 Å². The summed E-state index contributed by atoms with van der Waals surface area (Å²) in [4.78, 5) is 10.2. The van der Waals surface area contributed by atoms with Crippen LogP contribution in [0, 0.1) is 0 Å². The van der Waals surface area contributed by atoms with E-state index in [1.807, 2.05) is 30.3 Å². The van der Waals surface area contributed by atoms with Gasteiger partial charge in [0.1, 0.15) is 0 Å². The predicted molar refractivity (Wildman–Crippen MR) is 60.8 cm³/mol. The fraction of sp³-hybridized carbons (Fsp3) is 0.250. The Labute approximate surface area is 94.3 Å². The van der Waals surface area contributed by atoms with E-state index in [9.17, 15) is 4.79 Å². The molecule has 0 saturated carbocycles. The van der Waals surface area contributed by atoms with E-state index in [-0.39, 0.29) is 6.04 Å². The van der Waals surface area contributed by atoms with Gasteiger partial charge < -0.3 is 15.6 Å². The molecule has 0 aliphatic heterocycles. The Hall–Kier alpha value is -1.65. The summed E-state index contributed by atoms with van der Waals surface area (Å²) in [5.41, 5.74) is 6.68. The van der Waals surface area contributed by atoms with Gasteiger partial charge >= 0.3 is 5.97 Å². The highest BCUT2D eigenvalue weighted by Crippen LogP contribution is 2.00. The summed E-state index contributed by atoms with van der Waals surface area (Å²) in [6, 6.07) is 9.33. The normalized spacial score (nSPS) is 12.8. The van der Waals surface area contributed by atoms with Crippen molar-refractivity contribution in [3.05, 3.63) is 48.0 Å². The lowest BCUT2D eigenvalue weighted by molar-refractivity contribution is -0.131. The molecule has 0 unspecified atom stereocenters. The average molecular weight is 221 g/mol. The zero-order valence-corrected chi connectivity index (χ0v) is 8.87. The van der Waals surface area contributed by atoms with Gasteiger partial charge in [0, 0.05) is 12.1 Å². The molecule has 0 amide bonds. The van der Waals surface area contributed by atoms with Crippen molar-refractivity contribution in [3.8, 4) is 0 Å². The van der Waals surface area contributed by atoms with Gasteiger partial charge in [-0.25, -0.2) is 4.79 Å². The minimum Gasteiger partial charge on any atom is -0.478 e. The van der Waals surface area contributed by atoms with Gasteiger partial charge in [-0.2, -0.15) is 0 Å². The maximum absolute atomic E-state index is 10.2. The van der Waals surface area contributed by atoms with E-state index in [2.05, 4.69) is 0 Å². The molecule has 0 fully saturated rings. The van der Waals surface area contributed by atoms with Crippen molar-refractivity contribution in [2.45, 2.75) is 12.6 Å². The van der Waals surface area contributed by atoms with Gasteiger partial charge in [0.15, 0.2) is 0 Å². The topological polar surface area (TPSA) is 72.6 Å². The molecular weight excluding hydrogens is 206 g/mol. The highest BCUT2D eigenvalue weighted by atomic mass is 16.5. The standard InChI is InChI=1S/C12H15NO3/c13-11(6-7-12(14)15)9-16-8-10-4-2-1-3-5-10/h1-7,11H,8-9,13H2,(H,14,15)/b7-6-/t11-/m0/s1. The molecule has 0 heterocycles. The largest absolute Gasteiger partial charge is 0.478 e. The van der Waals surface area contributed by atoms with Crippen LogP contribution in [0.1, 0.15) is 5.56 Å². The van der Waals surface area contributed by atoms with E-state index >= 15 is 0 Å². The highest BCUT2D eigenvalue weighted by molar-refractivity contribution is 5.79. The first-order chi connectivity index (χ1) is 7.68. The fourth-order valence-electron chi connectivity index (χ4n) is 1.15. The molecule has 0 saturated heterocycles. The highest BCUT2D eigenvalue weighted by Gasteiger charge is 1.99. The third-order valence-corrected chi connectivity index (χ3v) is 1.91. The summed E-state index contributed by atoms with van der Waals surface area (Å²) in [5.74, 6) is -1.00. The summed E-state index contributed by atoms with van der Waals surface area (Å²) >= 11 is 0. The second kappa shape index (κ2) is 6.76. The first-order valence-corrected chi connectivity index (χ1v) is 4.97. The van der Waals surface area contributed by atoms with E-state index in [0.29, 0.717) is 13.2 Å². The summed E-state index contributed by atoms with van der Waals surface area (Å²) in [5, 5.41) is 8.38. The first kappa shape index (κ1) is 12.4. The van der Waals surface area contributed by atoms with Gasteiger partial charge in [-0.15, -0.1) is 0 Å². The van der Waals surface area contributed by atoms with E-state index in [1.165, 1.54) is 6.08 Å². The lowest BCUT2D eigenvalue weighted by Crippen LogP contribution is -2.23. The van der Waals surface area contributed by atoms with Crippen LogP contribution < -0.4 is 5.73 Å². The number of ether oxygens (including phenoxy) is 1. The van der Waals surface area contributed by atoms with Crippen LogP contribution in [0.3, 0.4) is 0 Å². The molecule has 16 heavy (non-hydrogen) atoms. The van der Waals surface area contributed by atoms with Crippen LogP contribution in [0.4, 0.5) is 0 Å². The van der Waals surface area contributed by atoms with Crippen molar-refractivity contribution in [2.24, 2.45) is 5.73 Å². The van der Waals surface area contributed by atoms with Crippen LogP contribution >= 0.6 is 0 Å². The van der Waals surface area contributed by atoms with E-state index in [4.69, 9.17) is 15.6 Å². The van der Waals surface area contributed by atoms with Crippen LogP contribution in [0.2, 0.25) is 0 Å². The Morgan fingerprint density at radius 1 is 1.44 bits per heavy atom. The molecule has 1 aromatic carbocycles. The minimum absolute atomic E-state index is 0.304. The van der Waals surface area contributed by atoms with Crippen LogP contribution in [0.25, 0.3) is 0 Å². The third kappa shape index (κ3) is 5.29. The van der Waals surface area contributed by atoms with Crippen LogP contribution in [-0.4, -0.2) is 23.7 Å². The summed E-state index contributed by atoms with van der Waals surface area (Å²) in [7, 11) is 0. The lowest BCUT2D eigenvalue weighted by atomic mass is 10.2. The number of carbonyl (C=O) groups is 1. The molecule has 0 radical (unpaired) electrons. The third-order valence-electron chi connectivity index (χ3n) is 1.91. The van der Waals surface area contributed by atoms with Crippen molar-refractivity contribution in [2.75, 3.05) is 6.61 Å². The number of hydrogen-bond donors (Lipinski definition) is 2. The van der Waals surface area contributed by atoms with E-state index in [1.54, 1.807) is 0 Å². The second-order valence-corrected chi connectivity index (χ2v) is 3.36. The number of rotatable bonds is 6. The molecule has 1 aromatic rings. The predicted octanol–water partition coefficient (Wildman–Crippen LogP) is 1.17. The van der Waals surface area contributed by atoms with Gasteiger partial charge in [0.2, 0.25) is 0 Å². The Bertz CT molecular complexity index is 349. The number of carboxylic acids is 1. The lowest BCUT2D eigenvalue weighted by Gasteiger charge is -2.07. The zero-order valence-electron chi connectivity index (χ0n) is 8.87. The Balaban J connectivity index is 2.23. The maximum Gasteiger partial charge on any atom is 0.328 e. The van der Waals surface area contributed by atoms with Crippen LogP contribution in [-0.2, 0) is 16.1 Å².